The number of urea groups is 1. The molecule has 2 fully saturated rings. The number of likely N-dealkylation sites (tertiary alicyclic amines) is 1. The molecule has 1 aromatic rings. The second-order valence-electron chi connectivity index (χ2n) is 6.51. The van der Waals surface area contributed by atoms with Gasteiger partial charge in [-0.05, 0) is 25.8 Å². The zero-order valence-electron chi connectivity index (χ0n) is 15.1. The number of carbonyl (C=O) groups excluding carboxylic acids is 1. The maximum Gasteiger partial charge on any atom is 0.318 e. The van der Waals surface area contributed by atoms with Crippen LogP contribution in [-0.4, -0.2) is 49.6 Å². The molecule has 0 radical (unpaired) electrons. The van der Waals surface area contributed by atoms with Crippen LogP contribution < -0.4 is 10.1 Å². The molecule has 0 aliphatic carbocycles. The van der Waals surface area contributed by atoms with Crippen molar-refractivity contribution >= 4 is 6.03 Å². The number of hydrogen-bond acceptors (Lipinski definition) is 4. The molecule has 0 aromatic heterocycles. The highest BCUT2D eigenvalue weighted by atomic mass is 16.7. The van der Waals surface area contributed by atoms with E-state index in [0.717, 1.165) is 37.1 Å². The average molecular weight is 348 g/mol. The molecule has 1 aromatic carbocycles. The standard InChI is InChI=1S/C19H28N2O4/c1-3-16(15-8-5-6-9-17(15)23-4-2)20-18(22)21-11-7-10-19(14-21)24-12-13-25-19/h5-6,8-9,16H,3-4,7,10-14H2,1-2H3,(H,20,22)/t16-/m0/s1. The van der Waals surface area contributed by atoms with Crippen LogP contribution in [0.3, 0.4) is 0 Å². The molecule has 2 aliphatic rings. The van der Waals surface area contributed by atoms with Gasteiger partial charge in [-0.3, -0.25) is 0 Å². The van der Waals surface area contributed by atoms with Gasteiger partial charge in [0.15, 0.2) is 5.79 Å². The van der Waals surface area contributed by atoms with E-state index < -0.39 is 5.79 Å². The molecule has 6 heteroatoms. The fourth-order valence-corrected chi connectivity index (χ4v) is 3.59. The molecule has 1 spiro atoms. The molecular formula is C19H28N2O4. The molecular weight excluding hydrogens is 320 g/mol. The second kappa shape index (κ2) is 8.06. The Morgan fingerprint density at radius 1 is 1.32 bits per heavy atom. The van der Waals surface area contributed by atoms with Crippen LogP contribution >= 0.6 is 0 Å². The Kier molecular flexibility index (Phi) is 5.81. The van der Waals surface area contributed by atoms with Gasteiger partial charge >= 0.3 is 6.03 Å². The van der Waals surface area contributed by atoms with E-state index in [0.29, 0.717) is 26.4 Å². The Bertz CT molecular complexity index is 587. The Morgan fingerprint density at radius 2 is 2.08 bits per heavy atom. The van der Waals surface area contributed by atoms with E-state index in [1.165, 1.54) is 0 Å². The van der Waals surface area contributed by atoms with Crippen molar-refractivity contribution in [3.05, 3.63) is 29.8 Å². The molecule has 0 unspecified atom stereocenters. The van der Waals surface area contributed by atoms with E-state index >= 15 is 0 Å². The first-order chi connectivity index (χ1) is 12.2. The molecule has 6 nitrogen and oxygen atoms in total. The molecule has 1 N–H and O–H groups in total. The molecule has 138 valence electrons. The van der Waals surface area contributed by atoms with Gasteiger partial charge in [-0.2, -0.15) is 0 Å². The van der Waals surface area contributed by atoms with Crippen LogP contribution in [0.15, 0.2) is 24.3 Å². The van der Waals surface area contributed by atoms with Crippen molar-refractivity contribution in [3.8, 4) is 5.75 Å². The van der Waals surface area contributed by atoms with Crippen LogP contribution in [0.2, 0.25) is 0 Å². The Balaban J connectivity index is 1.68. The van der Waals surface area contributed by atoms with Crippen LogP contribution in [0, 0.1) is 0 Å². The average Bonchev–Trinajstić information content (AvgIpc) is 3.08. The zero-order valence-corrected chi connectivity index (χ0v) is 15.1. The SMILES string of the molecule is CCOc1ccccc1[C@H](CC)NC(=O)N1CCCC2(C1)OCCO2. The van der Waals surface area contributed by atoms with Crippen molar-refractivity contribution in [2.75, 3.05) is 32.9 Å². The maximum atomic E-state index is 12.8. The summed E-state index contributed by atoms with van der Waals surface area (Å²) in [5, 5.41) is 3.15. The van der Waals surface area contributed by atoms with Gasteiger partial charge in [0.25, 0.3) is 0 Å². The minimum atomic E-state index is -0.597. The lowest BCUT2D eigenvalue weighted by atomic mass is 10.0. The predicted octanol–water partition coefficient (Wildman–Crippen LogP) is 3.08. The lowest BCUT2D eigenvalue weighted by Gasteiger charge is -2.39. The van der Waals surface area contributed by atoms with Gasteiger partial charge in [0.05, 0.1) is 32.4 Å². The van der Waals surface area contributed by atoms with Crippen LogP contribution in [0.5, 0.6) is 5.75 Å². The summed E-state index contributed by atoms with van der Waals surface area (Å²) in [6, 6.07) is 7.73. The third-order valence-electron chi connectivity index (χ3n) is 4.82. The summed E-state index contributed by atoms with van der Waals surface area (Å²) in [6.07, 6.45) is 2.53. The van der Waals surface area contributed by atoms with Gasteiger partial charge in [-0.15, -0.1) is 0 Å². The lowest BCUT2D eigenvalue weighted by molar-refractivity contribution is -0.182. The van der Waals surface area contributed by atoms with Crippen LogP contribution in [-0.2, 0) is 9.47 Å². The Labute approximate surface area is 149 Å². The van der Waals surface area contributed by atoms with Crippen molar-refractivity contribution in [3.63, 3.8) is 0 Å². The highest BCUT2D eigenvalue weighted by Crippen LogP contribution is 2.31. The highest BCUT2D eigenvalue weighted by molar-refractivity contribution is 5.75. The monoisotopic (exact) mass is 348 g/mol. The number of piperidine rings is 1. The topological polar surface area (TPSA) is 60.0 Å². The minimum absolute atomic E-state index is 0.0728. The summed E-state index contributed by atoms with van der Waals surface area (Å²) in [5.41, 5.74) is 1.01. The summed E-state index contributed by atoms with van der Waals surface area (Å²) >= 11 is 0. The molecule has 2 aliphatic heterocycles. The van der Waals surface area contributed by atoms with Crippen LogP contribution in [0.25, 0.3) is 0 Å². The van der Waals surface area contributed by atoms with Gasteiger partial charge in [0.1, 0.15) is 5.75 Å². The third-order valence-corrected chi connectivity index (χ3v) is 4.82. The van der Waals surface area contributed by atoms with Crippen molar-refractivity contribution in [1.29, 1.82) is 0 Å². The van der Waals surface area contributed by atoms with E-state index in [1.807, 2.05) is 31.2 Å². The third kappa shape index (κ3) is 4.07. The highest BCUT2D eigenvalue weighted by Gasteiger charge is 2.42. The van der Waals surface area contributed by atoms with E-state index in [4.69, 9.17) is 14.2 Å². The van der Waals surface area contributed by atoms with Crippen molar-refractivity contribution in [2.24, 2.45) is 0 Å². The smallest absolute Gasteiger partial charge is 0.318 e. The number of carbonyl (C=O) groups is 1. The number of nitrogens with one attached hydrogen (secondary N) is 1. The van der Waals surface area contributed by atoms with Gasteiger partial charge < -0.3 is 24.4 Å². The number of para-hydroxylation sites is 1. The molecule has 3 rings (SSSR count). The van der Waals surface area contributed by atoms with E-state index in [-0.39, 0.29) is 12.1 Å². The minimum Gasteiger partial charge on any atom is -0.494 e. The van der Waals surface area contributed by atoms with Crippen molar-refractivity contribution in [2.45, 2.75) is 44.9 Å². The number of amides is 2. The lowest BCUT2D eigenvalue weighted by Crippen LogP contribution is -2.54. The summed E-state index contributed by atoms with van der Waals surface area (Å²) in [5.74, 6) is 0.232. The molecule has 25 heavy (non-hydrogen) atoms. The summed E-state index contributed by atoms with van der Waals surface area (Å²) in [7, 11) is 0. The fraction of sp³-hybridized carbons (Fsp3) is 0.632. The van der Waals surface area contributed by atoms with Crippen LogP contribution in [0.1, 0.15) is 44.7 Å². The van der Waals surface area contributed by atoms with E-state index in [9.17, 15) is 4.79 Å². The van der Waals surface area contributed by atoms with Crippen molar-refractivity contribution < 1.29 is 19.0 Å². The Morgan fingerprint density at radius 3 is 2.80 bits per heavy atom. The fourth-order valence-electron chi connectivity index (χ4n) is 3.59. The number of ether oxygens (including phenoxy) is 3. The second-order valence-corrected chi connectivity index (χ2v) is 6.51. The molecule has 2 heterocycles. The summed E-state index contributed by atoms with van der Waals surface area (Å²) in [6.45, 7) is 7.06. The zero-order chi connectivity index (χ0) is 17.7. The van der Waals surface area contributed by atoms with Gasteiger partial charge in [-0.25, -0.2) is 4.79 Å². The Hall–Kier alpha value is -1.79. The quantitative estimate of drug-likeness (QED) is 0.888. The first kappa shape index (κ1) is 18.0. The first-order valence-electron chi connectivity index (χ1n) is 9.22. The predicted molar refractivity (Wildman–Crippen MR) is 94.6 cm³/mol. The van der Waals surface area contributed by atoms with E-state index in [1.54, 1.807) is 4.90 Å². The molecule has 0 bridgehead atoms. The maximum absolute atomic E-state index is 12.8. The summed E-state index contributed by atoms with van der Waals surface area (Å²) in [4.78, 5) is 14.6. The van der Waals surface area contributed by atoms with Crippen LogP contribution in [0.4, 0.5) is 4.79 Å². The van der Waals surface area contributed by atoms with Gasteiger partial charge in [0, 0.05) is 18.5 Å². The molecule has 0 saturated carbocycles. The largest absolute Gasteiger partial charge is 0.494 e. The number of rotatable bonds is 5. The molecule has 2 amide bonds. The first-order valence-corrected chi connectivity index (χ1v) is 9.22. The van der Waals surface area contributed by atoms with E-state index in [2.05, 4.69) is 12.2 Å². The number of hydrogen-bond donors (Lipinski definition) is 1. The number of benzene rings is 1. The van der Waals surface area contributed by atoms with Gasteiger partial charge in [0.2, 0.25) is 0 Å². The number of nitrogens with zero attached hydrogens (tertiary/aromatic N) is 1. The summed E-state index contributed by atoms with van der Waals surface area (Å²) < 4.78 is 17.2. The molecule has 1 atom stereocenters. The normalized spacial score (nSPS) is 20.5. The molecule has 2 saturated heterocycles. The van der Waals surface area contributed by atoms with Gasteiger partial charge in [-0.1, -0.05) is 25.1 Å². The van der Waals surface area contributed by atoms with Crippen molar-refractivity contribution in [1.82, 2.24) is 10.2 Å².